The average molecular weight is 272 g/mol. The van der Waals surface area contributed by atoms with Crippen molar-refractivity contribution in [1.82, 2.24) is 4.90 Å². The van der Waals surface area contributed by atoms with Gasteiger partial charge in [-0.05, 0) is 31.5 Å². The van der Waals surface area contributed by atoms with Gasteiger partial charge in [0.05, 0.1) is 10.8 Å². The Labute approximate surface area is 114 Å². The molecule has 0 aliphatic carbocycles. The van der Waals surface area contributed by atoms with Crippen LogP contribution in [0.15, 0.2) is 30.3 Å². The molecule has 1 aromatic carbocycles. The quantitative estimate of drug-likeness (QED) is 0.747. The van der Waals surface area contributed by atoms with Crippen molar-refractivity contribution < 1.29 is 0 Å². The molecule has 0 bridgehead atoms. The molecule has 0 unspecified atom stereocenters. The van der Waals surface area contributed by atoms with Crippen LogP contribution in [-0.4, -0.2) is 29.9 Å². The molecular formula is C14H19Cl2N. The number of hydrogen-bond acceptors (Lipinski definition) is 1. The Bertz CT molecular complexity index is 322. The third-order valence-corrected chi connectivity index (χ3v) is 4.39. The van der Waals surface area contributed by atoms with E-state index >= 15 is 0 Å². The van der Waals surface area contributed by atoms with E-state index in [1.165, 1.54) is 32.4 Å². The molecule has 1 fully saturated rings. The first-order valence-corrected chi connectivity index (χ1v) is 7.20. The summed E-state index contributed by atoms with van der Waals surface area (Å²) in [7, 11) is 0. The maximum atomic E-state index is 6.43. The maximum Gasteiger partial charge on any atom is 0.0761 e. The standard InChI is InChI=1S/C14H19Cl2N/c15-13(11-17-9-5-2-6-10-17)14(16)12-7-3-1-4-8-12/h1,3-4,7-8,13-14H,2,5-6,9-11H2/t13-,14-/m1/s1. The van der Waals surface area contributed by atoms with Crippen LogP contribution >= 0.6 is 23.2 Å². The molecule has 0 N–H and O–H groups in total. The summed E-state index contributed by atoms with van der Waals surface area (Å²) in [6.45, 7) is 3.23. The van der Waals surface area contributed by atoms with Gasteiger partial charge in [-0.25, -0.2) is 0 Å². The largest absolute Gasteiger partial charge is 0.302 e. The summed E-state index contributed by atoms with van der Waals surface area (Å²) < 4.78 is 0. The predicted molar refractivity (Wildman–Crippen MR) is 75.0 cm³/mol. The molecule has 1 aromatic rings. The molecule has 1 heterocycles. The first kappa shape index (κ1) is 13.2. The molecule has 1 saturated heterocycles. The van der Waals surface area contributed by atoms with Crippen molar-refractivity contribution >= 4 is 23.2 Å². The van der Waals surface area contributed by atoms with Crippen LogP contribution in [0, 0.1) is 0 Å². The topological polar surface area (TPSA) is 3.24 Å². The fourth-order valence-corrected chi connectivity index (χ4v) is 2.89. The molecule has 94 valence electrons. The van der Waals surface area contributed by atoms with Crippen molar-refractivity contribution in [2.24, 2.45) is 0 Å². The van der Waals surface area contributed by atoms with E-state index in [1.807, 2.05) is 30.3 Å². The second-order valence-corrected chi connectivity index (χ2v) is 5.72. The number of rotatable bonds is 4. The minimum absolute atomic E-state index is 0.0165. The van der Waals surface area contributed by atoms with Crippen molar-refractivity contribution in [3.05, 3.63) is 35.9 Å². The molecule has 2 rings (SSSR count). The molecule has 1 aliphatic rings. The second kappa shape index (κ2) is 6.63. The SMILES string of the molecule is Cl[C@H](CN1CCCCC1)[C@H](Cl)c1ccccc1. The van der Waals surface area contributed by atoms with Gasteiger partial charge in [-0.1, -0.05) is 36.8 Å². The molecule has 17 heavy (non-hydrogen) atoms. The lowest BCUT2D eigenvalue weighted by molar-refractivity contribution is 0.227. The molecule has 3 heteroatoms. The third kappa shape index (κ3) is 3.87. The van der Waals surface area contributed by atoms with E-state index in [-0.39, 0.29) is 10.8 Å². The molecule has 1 aliphatic heterocycles. The minimum atomic E-state index is -0.0974. The highest BCUT2D eigenvalue weighted by molar-refractivity contribution is 6.30. The van der Waals surface area contributed by atoms with Crippen molar-refractivity contribution in [3.8, 4) is 0 Å². The highest BCUT2D eigenvalue weighted by Gasteiger charge is 2.22. The van der Waals surface area contributed by atoms with Gasteiger partial charge < -0.3 is 4.90 Å². The van der Waals surface area contributed by atoms with Gasteiger partial charge in [0.25, 0.3) is 0 Å². The van der Waals surface area contributed by atoms with Gasteiger partial charge in [0.1, 0.15) is 0 Å². The molecule has 0 saturated carbocycles. The molecule has 0 aromatic heterocycles. The third-order valence-electron chi connectivity index (χ3n) is 3.32. The highest BCUT2D eigenvalue weighted by Crippen LogP contribution is 2.28. The van der Waals surface area contributed by atoms with E-state index in [4.69, 9.17) is 23.2 Å². The van der Waals surface area contributed by atoms with Crippen molar-refractivity contribution in [2.75, 3.05) is 19.6 Å². The molecule has 0 radical (unpaired) electrons. The Balaban J connectivity index is 1.88. The Kier molecular flexibility index (Phi) is 5.15. The number of likely N-dealkylation sites (tertiary alicyclic amines) is 1. The number of piperidine rings is 1. The van der Waals surface area contributed by atoms with Crippen molar-refractivity contribution in [1.29, 1.82) is 0 Å². The lowest BCUT2D eigenvalue weighted by Gasteiger charge is -2.29. The zero-order valence-electron chi connectivity index (χ0n) is 9.99. The smallest absolute Gasteiger partial charge is 0.0761 e. The molecule has 1 nitrogen and oxygen atoms in total. The lowest BCUT2D eigenvalue weighted by atomic mass is 10.1. The highest BCUT2D eigenvalue weighted by atomic mass is 35.5. The van der Waals surface area contributed by atoms with E-state index in [2.05, 4.69) is 4.90 Å². The molecule has 0 spiro atoms. The van der Waals surface area contributed by atoms with Gasteiger partial charge in [0.2, 0.25) is 0 Å². The monoisotopic (exact) mass is 271 g/mol. The number of halogens is 2. The summed E-state index contributed by atoms with van der Waals surface area (Å²) in [5.41, 5.74) is 1.12. The van der Waals surface area contributed by atoms with Gasteiger partial charge in [0.15, 0.2) is 0 Å². The van der Waals surface area contributed by atoms with Crippen LogP contribution in [0.3, 0.4) is 0 Å². The molecular weight excluding hydrogens is 253 g/mol. The Hall–Kier alpha value is -0.240. The van der Waals surface area contributed by atoms with Crippen LogP contribution in [0.25, 0.3) is 0 Å². The van der Waals surface area contributed by atoms with Crippen LogP contribution in [0.2, 0.25) is 0 Å². The summed E-state index contributed by atoms with van der Waals surface area (Å²) in [6, 6.07) is 10.1. The summed E-state index contributed by atoms with van der Waals surface area (Å²) >= 11 is 12.8. The van der Waals surface area contributed by atoms with E-state index in [1.54, 1.807) is 0 Å². The summed E-state index contributed by atoms with van der Waals surface area (Å²) in [6.07, 6.45) is 3.94. The fraction of sp³-hybridized carbons (Fsp3) is 0.571. The fourth-order valence-electron chi connectivity index (χ4n) is 2.33. The Morgan fingerprint density at radius 2 is 1.65 bits per heavy atom. The number of nitrogens with zero attached hydrogens (tertiary/aromatic N) is 1. The van der Waals surface area contributed by atoms with Crippen LogP contribution in [0.4, 0.5) is 0 Å². The minimum Gasteiger partial charge on any atom is -0.302 e. The maximum absolute atomic E-state index is 6.43. The van der Waals surface area contributed by atoms with Crippen molar-refractivity contribution in [3.63, 3.8) is 0 Å². The number of benzene rings is 1. The Morgan fingerprint density at radius 1 is 1.00 bits per heavy atom. The van der Waals surface area contributed by atoms with Crippen LogP contribution in [0.5, 0.6) is 0 Å². The normalized spacial score (nSPS) is 21.1. The van der Waals surface area contributed by atoms with E-state index in [0.29, 0.717) is 0 Å². The van der Waals surface area contributed by atoms with E-state index in [0.717, 1.165) is 12.1 Å². The Morgan fingerprint density at radius 3 is 2.29 bits per heavy atom. The van der Waals surface area contributed by atoms with E-state index < -0.39 is 0 Å². The first-order valence-electron chi connectivity index (χ1n) is 6.33. The van der Waals surface area contributed by atoms with Gasteiger partial charge in [-0.3, -0.25) is 0 Å². The van der Waals surface area contributed by atoms with E-state index in [9.17, 15) is 0 Å². The zero-order chi connectivity index (χ0) is 12.1. The number of hydrogen-bond donors (Lipinski definition) is 0. The average Bonchev–Trinajstić information content (AvgIpc) is 2.40. The summed E-state index contributed by atoms with van der Waals surface area (Å²) in [5.74, 6) is 0. The number of alkyl halides is 2. The first-order chi connectivity index (χ1) is 8.27. The van der Waals surface area contributed by atoms with Gasteiger partial charge >= 0.3 is 0 Å². The van der Waals surface area contributed by atoms with Gasteiger partial charge in [-0.15, -0.1) is 23.2 Å². The van der Waals surface area contributed by atoms with Crippen molar-refractivity contribution in [2.45, 2.75) is 30.0 Å². The molecule has 0 amide bonds. The van der Waals surface area contributed by atoms with Crippen LogP contribution < -0.4 is 0 Å². The summed E-state index contributed by atoms with van der Waals surface area (Å²) in [5, 5.41) is -0.114. The van der Waals surface area contributed by atoms with Crippen LogP contribution in [-0.2, 0) is 0 Å². The predicted octanol–water partition coefficient (Wildman–Crippen LogP) is 4.06. The second-order valence-electron chi connectivity index (χ2n) is 4.69. The van der Waals surface area contributed by atoms with Crippen LogP contribution in [0.1, 0.15) is 30.2 Å². The zero-order valence-corrected chi connectivity index (χ0v) is 11.5. The lowest BCUT2D eigenvalue weighted by Crippen LogP contribution is -2.35. The summed E-state index contributed by atoms with van der Waals surface area (Å²) in [4.78, 5) is 2.43. The van der Waals surface area contributed by atoms with Gasteiger partial charge in [-0.2, -0.15) is 0 Å². The van der Waals surface area contributed by atoms with Gasteiger partial charge in [0, 0.05) is 6.54 Å². The molecule has 2 atom stereocenters.